The van der Waals surface area contributed by atoms with Gasteiger partial charge < -0.3 is 29.5 Å². The lowest BCUT2D eigenvalue weighted by Crippen LogP contribution is -2.43. The maximum atomic E-state index is 8.86. The molecule has 0 saturated heterocycles. The number of para-hydroxylation sites is 1. The Labute approximate surface area is 272 Å². The van der Waals surface area contributed by atoms with Crippen LogP contribution >= 0.6 is 0 Å². The number of nitrogens with one attached hydrogen (secondary N) is 2. The van der Waals surface area contributed by atoms with E-state index in [1.807, 2.05) is 54.9 Å². The van der Waals surface area contributed by atoms with Crippen molar-refractivity contribution in [2.75, 3.05) is 24.7 Å². The molecule has 12 heteroatoms. The highest BCUT2D eigenvalue weighted by molar-refractivity contribution is 6.09. The molecule has 1 fully saturated rings. The summed E-state index contributed by atoms with van der Waals surface area (Å²) in [6, 6.07) is 17.0. The number of nitrogens with zero attached hydrogens (tertiary/aromatic N) is 8. The Morgan fingerprint density at radius 2 is 1.81 bits per heavy atom. The number of anilines is 2. The van der Waals surface area contributed by atoms with Crippen molar-refractivity contribution >= 4 is 39.3 Å². The molecule has 47 heavy (non-hydrogen) atoms. The molecule has 1 aliphatic heterocycles. The van der Waals surface area contributed by atoms with Crippen LogP contribution in [0.3, 0.4) is 0 Å². The third-order valence-corrected chi connectivity index (χ3v) is 10.2. The third-order valence-electron chi connectivity index (χ3n) is 10.2. The number of nitrogen functional groups attached to an aromatic ring is 1. The first-order valence-corrected chi connectivity index (χ1v) is 16.2. The Bertz CT molecular complexity index is 2130. The van der Waals surface area contributed by atoms with Crippen LogP contribution < -0.4 is 15.8 Å². The molecule has 2 aliphatic rings. The van der Waals surface area contributed by atoms with Crippen molar-refractivity contribution in [3.8, 4) is 16.9 Å². The van der Waals surface area contributed by atoms with E-state index in [2.05, 4.69) is 52.9 Å². The normalized spacial score (nSPS) is 18.4. The van der Waals surface area contributed by atoms with E-state index in [9.17, 15) is 0 Å². The number of fused-ring (bicyclic) bond motifs is 3. The topological polar surface area (TPSA) is 141 Å². The summed E-state index contributed by atoms with van der Waals surface area (Å²) in [6.07, 6.45) is 8.09. The number of aromatic nitrogens is 7. The van der Waals surface area contributed by atoms with Gasteiger partial charge in [-0.25, -0.2) is 9.97 Å². The predicted octanol–water partition coefficient (Wildman–Crippen LogP) is 5.52. The highest BCUT2D eigenvalue weighted by Gasteiger charge is 2.31. The first-order chi connectivity index (χ1) is 22.9. The highest BCUT2D eigenvalue weighted by Crippen LogP contribution is 2.41. The Hall–Kier alpha value is -5.23. The molecule has 240 valence electrons. The van der Waals surface area contributed by atoms with Crippen molar-refractivity contribution in [3.63, 3.8) is 0 Å². The van der Waals surface area contributed by atoms with Gasteiger partial charge >= 0.3 is 0 Å². The SMILES string of the molecule is COc1cc(-c2cn(C3CCC(N4CCn5c(C)nnc5C4)CC3)c3ncnc(N)c23)ccc1NC(=N)c1cc2ccccc2n1C. The van der Waals surface area contributed by atoms with Gasteiger partial charge in [0.2, 0.25) is 0 Å². The molecule has 6 aromatic rings. The van der Waals surface area contributed by atoms with E-state index in [1.54, 1.807) is 13.4 Å². The standard InChI is InChI=1S/C35H39N11O/c1-21-41-42-31-19-44(14-15-45(21)31)24-9-11-25(12-10-24)46-18-26(32-34(37)38-20-39-35(32)46)22-8-13-27(30(17-22)47-3)40-33(36)29-16-23-6-4-5-7-28(23)43(29)2/h4-8,13,16-18,20,24-25H,9-12,14-15,19H2,1-3H3,(H2,36,40)(H2,37,38,39). The Balaban J connectivity index is 1.05. The van der Waals surface area contributed by atoms with E-state index >= 15 is 0 Å². The number of methoxy groups -OCH3 is 1. The molecule has 0 unspecified atom stereocenters. The van der Waals surface area contributed by atoms with E-state index in [-0.39, 0.29) is 0 Å². The Morgan fingerprint density at radius 1 is 1.00 bits per heavy atom. The minimum Gasteiger partial charge on any atom is -0.495 e. The Kier molecular flexibility index (Phi) is 7.16. The van der Waals surface area contributed by atoms with Crippen molar-refractivity contribution in [1.29, 1.82) is 5.41 Å². The summed E-state index contributed by atoms with van der Waals surface area (Å²) < 4.78 is 12.4. The van der Waals surface area contributed by atoms with Gasteiger partial charge in [0.1, 0.15) is 41.0 Å². The molecule has 0 amide bonds. The van der Waals surface area contributed by atoms with Gasteiger partial charge in [0.25, 0.3) is 0 Å². The fourth-order valence-electron chi connectivity index (χ4n) is 7.63. The van der Waals surface area contributed by atoms with E-state index in [1.165, 1.54) is 0 Å². The molecular formula is C35H39N11O. The number of aryl methyl sites for hydroxylation is 2. The van der Waals surface area contributed by atoms with Crippen LogP contribution in [0.2, 0.25) is 0 Å². The second kappa shape index (κ2) is 11.5. The lowest BCUT2D eigenvalue weighted by molar-refractivity contribution is 0.107. The van der Waals surface area contributed by atoms with Crippen LogP contribution in [-0.4, -0.2) is 64.3 Å². The van der Waals surface area contributed by atoms with Crippen LogP contribution in [0.1, 0.15) is 49.1 Å². The highest BCUT2D eigenvalue weighted by atomic mass is 16.5. The summed E-state index contributed by atoms with van der Waals surface area (Å²) in [5, 5.41) is 22.8. The van der Waals surface area contributed by atoms with Gasteiger partial charge in [-0.15, -0.1) is 10.2 Å². The zero-order chi connectivity index (χ0) is 32.2. The van der Waals surface area contributed by atoms with Crippen molar-refractivity contribution in [1.82, 2.24) is 38.8 Å². The van der Waals surface area contributed by atoms with Crippen LogP contribution in [0.15, 0.2) is 61.1 Å². The van der Waals surface area contributed by atoms with Gasteiger partial charge in [0.15, 0.2) is 0 Å². The zero-order valence-electron chi connectivity index (χ0n) is 26.9. The average molecular weight is 630 g/mol. The van der Waals surface area contributed by atoms with Gasteiger partial charge in [-0.2, -0.15) is 0 Å². The average Bonchev–Trinajstić information content (AvgIpc) is 3.78. The summed E-state index contributed by atoms with van der Waals surface area (Å²) in [7, 11) is 3.63. The summed E-state index contributed by atoms with van der Waals surface area (Å²) in [5.74, 6) is 3.47. The summed E-state index contributed by atoms with van der Waals surface area (Å²) in [6.45, 7) is 4.89. The molecule has 2 aromatic carbocycles. The summed E-state index contributed by atoms with van der Waals surface area (Å²) >= 11 is 0. The number of rotatable bonds is 6. The largest absolute Gasteiger partial charge is 0.495 e. The molecule has 0 spiro atoms. The fraction of sp³-hybridized carbons (Fsp3) is 0.343. The van der Waals surface area contributed by atoms with Crippen molar-refractivity contribution in [2.24, 2.45) is 7.05 Å². The quantitative estimate of drug-likeness (QED) is 0.162. The lowest BCUT2D eigenvalue weighted by Gasteiger charge is -2.39. The van der Waals surface area contributed by atoms with E-state index in [0.717, 1.165) is 95.7 Å². The van der Waals surface area contributed by atoms with Gasteiger partial charge in [-0.05, 0) is 62.4 Å². The van der Waals surface area contributed by atoms with Crippen molar-refractivity contribution < 1.29 is 4.74 Å². The molecule has 5 heterocycles. The maximum absolute atomic E-state index is 8.86. The molecule has 4 aromatic heterocycles. The molecule has 12 nitrogen and oxygen atoms in total. The molecule has 4 N–H and O–H groups in total. The number of ether oxygens (including phenoxy) is 1. The molecular weight excluding hydrogens is 590 g/mol. The minimum absolute atomic E-state index is 0.293. The molecule has 1 aliphatic carbocycles. The van der Waals surface area contributed by atoms with Crippen LogP contribution in [0.5, 0.6) is 5.75 Å². The number of nitrogens with two attached hydrogens (primary N) is 1. The maximum Gasteiger partial charge on any atom is 0.147 e. The molecule has 0 bridgehead atoms. The molecule has 8 rings (SSSR count). The monoisotopic (exact) mass is 629 g/mol. The van der Waals surface area contributed by atoms with E-state index in [4.69, 9.17) is 20.9 Å². The zero-order valence-corrected chi connectivity index (χ0v) is 26.9. The molecule has 0 atom stereocenters. The van der Waals surface area contributed by atoms with Crippen LogP contribution in [0, 0.1) is 12.3 Å². The van der Waals surface area contributed by atoms with Gasteiger partial charge in [0, 0.05) is 54.9 Å². The van der Waals surface area contributed by atoms with Crippen molar-refractivity contribution in [3.05, 3.63) is 78.4 Å². The first kappa shape index (κ1) is 29.2. The number of hydrogen-bond acceptors (Lipinski definition) is 8. The second-order valence-corrected chi connectivity index (χ2v) is 12.7. The third kappa shape index (κ3) is 4.99. The first-order valence-electron chi connectivity index (χ1n) is 16.2. The smallest absolute Gasteiger partial charge is 0.147 e. The van der Waals surface area contributed by atoms with Crippen molar-refractivity contribution in [2.45, 2.75) is 57.8 Å². The predicted molar refractivity (Wildman–Crippen MR) is 184 cm³/mol. The number of amidine groups is 1. The van der Waals surface area contributed by atoms with Crippen LogP contribution in [0.25, 0.3) is 33.1 Å². The second-order valence-electron chi connectivity index (χ2n) is 12.7. The van der Waals surface area contributed by atoms with Gasteiger partial charge in [0.05, 0.1) is 30.4 Å². The van der Waals surface area contributed by atoms with E-state index < -0.39 is 0 Å². The summed E-state index contributed by atoms with van der Waals surface area (Å²) in [5.41, 5.74) is 11.9. The number of benzene rings is 2. The Morgan fingerprint density at radius 3 is 2.62 bits per heavy atom. The van der Waals surface area contributed by atoms with Gasteiger partial charge in [-0.1, -0.05) is 24.3 Å². The van der Waals surface area contributed by atoms with Crippen LogP contribution in [0.4, 0.5) is 11.5 Å². The molecule has 1 saturated carbocycles. The van der Waals surface area contributed by atoms with Crippen LogP contribution in [-0.2, 0) is 20.1 Å². The lowest BCUT2D eigenvalue weighted by atomic mass is 9.89. The minimum atomic E-state index is 0.293. The van der Waals surface area contributed by atoms with Gasteiger partial charge in [-0.3, -0.25) is 10.3 Å². The fourth-order valence-corrected chi connectivity index (χ4v) is 7.63. The summed E-state index contributed by atoms with van der Waals surface area (Å²) in [4.78, 5) is 11.7. The number of hydrogen-bond donors (Lipinski definition) is 3. The molecule has 0 radical (unpaired) electrons. The van der Waals surface area contributed by atoms with E-state index in [0.29, 0.717) is 35.2 Å².